The fourth-order valence-corrected chi connectivity index (χ4v) is 5.24. The number of benzene rings is 1. The Balaban J connectivity index is 2.12. The van der Waals surface area contributed by atoms with Crippen LogP contribution >= 0.6 is 23.2 Å². The van der Waals surface area contributed by atoms with Crippen molar-refractivity contribution in [1.82, 2.24) is 0 Å². The molecule has 0 saturated carbocycles. The molecule has 8 heteroatoms. The number of hydrogen-bond acceptors (Lipinski definition) is 6. The Bertz CT molecular complexity index is 1090. The summed E-state index contributed by atoms with van der Waals surface area (Å²) in [6, 6.07) is 2.13. The van der Waals surface area contributed by atoms with Crippen LogP contribution in [-0.2, 0) is 9.53 Å². The molecular weight excluding hydrogens is 467 g/mol. The van der Waals surface area contributed by atoms with Gasteiger partial charge in [-0.3, -0.25) is 14.4 Å². The lowest BCUT2D eigenvalue weighted by Crippen LogP contribution is -2.72. The molecule has 1 aromatic carbocycles. The number of fused-ring (bicyclic) bond motifs is 2. The zero-order valence-electron chi connectivity index (χ0n) is 19.1. The van der Waals surface area contributed by atoms with Crippen LogP contribution in [-0.4, -0.2) is 49.0 Å². The standard InChI is InChI=1S/C25H28Cl2O6/c1-13(2)17(29)7-6-14(3)8-9-25-21(31)16-10-15(28)11-18(30)20(16)22(32)24(25,27)12-19(26)23(4,5)33-25/h8,10-11,19,28,30H,1,6-7,9,12H2,2-5H3. The van der Waals surface area contributed by atoms with Crippen molar-refractivity contribution in [1.29, 1.82) is 0 Å². The molecule has 0 bridgehead atoms. The molecule has 0 amide bonds. The van der Waals surface area contributed by atoms with Gasteiger partial charge in [0.05, 0.1) is 16.5 Å². The van der Waals surface area contributed by atoms with Crippen molar-refractivity contribution in [3.63, 3.8) is 0 Å². The lowest BCUT2D eigenvalue weighted by Gasteiger charge is -2.56. The van der Waals surface area contributed by atoms with Gasteiger partial charge in [-0.1, -0.05) is 18.2 Å². The molecule has 6 nitrogen and oxygen atoms in total. The number of aromatic hydroxyl groups is 2. The van der Waals surface area contributed by atoms with E-state index < -0.39 is 38.8 Å². The second-order valence-corrected chi connectivity index (χ2v) is 10.7. The van der Waals surface area contributed by atoms with Gasteiger partial charge in [0.2, 0.25) is 0 Å². The van der Waals surface area contributed by atoms with Gasteiger partial charge in [0.25, 0.3) is 0 Å². The number of carbonyl (C=O) groups excluding carboxylic acids is 3. The molecule has 0 radical (unpaired) electrons. The predicted octanol–water partition coefficient (Wildman–Crippen LogP) is 5.26. The molecule has 3 atom stereocenters. The number of phenolic OH excluding ortho intramolecular Hbond substituents is 2. The van der Waals surface area contributed by atoms with E-state index in [1.165, 1.54) is 0 Å². The van der Waals surface area contributed by atoms with Gasteiger partial charge < -0.3 is 14.9 Å². The van der Waals surface area contributed by atoms with Crippen molar-refractivity contribution < 1.29 is 29.3 Å². The molecule has 1 aliphatic carbocycles. The van der Waals surface area contributed by atoms with Crippen molar-refractivity contribution in [2.75, 3.05) is 0 Å². The number of ketones is 3. The molecule has 0 aromatic heterocycles. The number of allylic oxidation sites excluding steroid dienone is 2. The topological polar surface area (TPSA) is 101 Å². The molecule has 1 aliphatic heterocycles. The molecule has 1 fully saturated rings. The quantitative estimate of drug-likeness (QED) is 0.317. The first-order valence-corrected chi connectivity index (χ1v) is 11.5. The van der Waals surface area contributed by atoms with Crippen molar-refractivity contribution in [2.45, 2.75) is 74.8 Å². The third-order valence-corrected chi connectivity index (χ3v) is 7.86. The van der Waals surface area contributed by atoms with E-state index in [1.54, 1.807) is 26.8 Å². The van der Waals surface area contributed by atoms with Gasteiger partial charge in [0, 0.05) is 24.5 Å². The molecule has 33 heavy (non-hydrogen) atoms. The summed E-state index contributed by atoms with van der Waals surface area (Å²) < 4.78 is 6.29. The third-order valence-electron chi connectivity index (χ3n) is 6.55. The summed E-state index contributed by atoms with van der Waals surface area (Å²) in [6.07, 6.45) is 2.35. The number of Topliss-reactive ketones (excluding diaryl/α,β-unsaturated/α-hetero) is 3. The first-order valence-electron chi connectivity index (χ1n) is 10.7. The van der Waals surface area contributed by atoms with Gasteiger partial charge >= 0.3 is 0 Å². The Morgan fingerprint density at radius 1 is 1.21 bits per heavy atom. The minimum absolute atomic E-state index is 0.0446. The largest absolute Gasteiger partial charge is 0.508 e. The van der Waals surface area contributed by atoms with Crippen LogP contribution in [0.3, 0.4) is 0 Å². The molecule has 3 rings (SSSR count). The fourth-order valence-electron chi connectivity index (χ4n) is 4.44. The van der Waals surface area contributed by atoms with E-state index in [0.29, 0.717) is 12.0 Å². The van der Waals surface area contributed by atoms with Gasteiger partial charge in [-0.2, -0.15) is 0 Å². The highest BCUT2D eigenvalue weighted by molar-refractivity contribution is 6.45. The second kappa shape index (κ2) is 8.57. The number of ether oxygens (including phenoxy) is 1. The summed E-state index contributed by atoms with van der Waals surface area (Å²) in [5.74, 6) is -2.24. The van der Waals surface area contributed by atoms with Gasteiger partial charge in [0.15, 0.2) is 23.0 Å². The maximum Gasteiger partial charge on any atom is 0.198 e. The maximum absolute atomic E-state index is 13.9. The van der Waals surface area contributed by atoms with Crippen LogP contribution in [0.5, 0.6) is 11.5 Å². The van der Waals surface area contributed by atoms with Gasteiger partial charge in [-0.05, 0) is 52.2 Å². The number of hydrogen-bond donors (Lipinski definition) is 2. The molecule has 2 aliphatic rings. The van der Waals surface area contributed by atoms with E-state index in [-0.39, 0.29) is 41.9 Å². The average molecular weight is 495 g/mol. The van der Waals surface area contributed by atoms with Crippen LogP contribution < -0.4 is 0 Å². The summed E-state index contributed by atoms with van der Waals surface area (Å²) in [6.45, 7) is 10.6. The predicted molar refractivity (Wildman–Crippen MR) is 127 cm³/mol. The second-order valence-electron chi connectivity index (χ2n) is 9.51. The number of rotatable bonds is 6. The molecular formula is C25H28Cl2O6. The van der Waals surface area contributed by atoms with E-state index >= 15 is 0 Å². The third kappa shape index (κ3) is 4.13. The monoisotopic (exact) mass is 494 g/mol. The lowest BCUT2D eigenvalue weighted by molar-refractivity contribution is -0.157. The number of alkyl halides is 2. The maximum atomic E-state index is 13.9. The zero-order chi connectivity index (χ0) is 24.9. The first kappa shape index (κ1) is 25.5. The van der Waals surface area contributed by atoms with Crippen molar-refractivity contribution in [3.8, 4) is 11.5 Å². The van der Waals surface area contributed by atoms with Crippen molar-refractivity contribution in [3.05, 3.63) is 47.1 Å². The van der Waals surface area contributed by atoms with Crippen molar-refractivity contribution in [2.24, 2.45) is 0 Å². The minimum atomic E-state index is -1.86. The highest BCUT2D eigenvalue weighted by atomic mass is 35.5. The lowest BCUT2D eigenvalue weighted by atomic mass is 9.63. The summed E-state index contributed by atoms with van der Waals surface area (Å²) >= 11 is 13.5. The van der Waals surface area contributed by atoms with Gasteiger partial charge in [-0.15, -0.1) is 23.2 Å². The van der Waals surface area contributed by atoms with Gasteiger partial charge in [0.1, 0.15) is 16.4 Å². The SMILES string of the molecule is C=C(C)C(=O)CCC(C)=CCC12OC(C)(C)C(Cl)CC1(Cl)C(=O)c1c(O)cc(O)cc1C2=O. The van der Waals surface area contributed by atoms with Crippen LogP contribution in [0.4, 0.5) is 0 Å². The van der Waals surface area contributed by atoms with Crippen LogP contribution in [0.1, 0.15) is 74.1 Å². The number of carbonyl (C=O) groups is 3. The highest BCUT2D eigenvalue weighted by Gasteiger charge is 2.70. The van der Waals surface area contributed by atoms with E-state index in [2.05, 4.69) is 6.58 Å². The molecule has 0 spiro atoms. The van der Waals surface area contributed by atoms with E-state index in [0.717, 1.165) is 17.7 Å². The average Bonchev–Trinajstić information content (AvgIpc) is 2.71. The van der Waals surface area contributed by atoms with Crippen LogP contribution in [0.25, 0.3) is 0 Å². The minimum Gasteiger partial charge on any atom is -0.508 e. The van der Waals surface area contributed by atoms with Crippen molar-refractivity contribution >= 4 is 40.6 Å². The Kier molecular flexibility index (Phi) is 6.61. The molecule has 178 valence electrons. The van der Waals surface area contributed by atoms with Crippen LogP contribution in [0.2, 0.25) is 0 Å². The molecule has 3 unspecified atom stereocenters. The Morgan fingerprint density at radius 2 is 1.85 bits per heavy atom. The summed E-state index contributed by atoms with van der Waals surface area (Å²) in [5.41, 5.74) is -1.92. The smallest absolute Gasteiger partial charge is 0.198 e. The Morgan fingerprint density at radius 3 is 2.45 bits per heavy atom. The first-order chi connectivity index (χ1) is 15.2. The zero-order valence-corrected chi connectivity index (χ0v) is 20.6. The fraction of sp³-hybridized carbons (Fsp3) is 0.480. The van der Waals surface area contributed by atoms with E-state index in [1.807, 2.05) is 6.92 Å². The Hall–Kier alpha value is -2.15. The summed E-state index contributed by atoms with van der Waals surface area (Å²) in [7, 11) is 0. The normalized spacial score (nSPS) is 28.8. The van der Waals surface area contributed by atoms with Crippen LogP contribution in [0, 0.1) is 0 Å². The molecule has 2 N–H and O–H groups in total. The van der Waals surface area contributed by atoms with E-state index in [4.69, 9.17) is 27.9 Å². The number of halogens is 2. The van der Waals surface area contributed by atoms with E-state index in [9.17, 15) is 24.6 Å². The Labute approximate surface area is 203 Å². The summed E-state index contributed by atoms with van der Waals surface area (Å²) in [4.78, 5) is 37.5. The molecule has 1 heterocycles. The molecule has 1 aromatic rings. The number of phenols is 2. The van der Waals surface area contributed by atoms with Gasteiger partial charge in [-0.25, -0.2) is 0 Å². The van der Waals surface area contributed by atoms with Crippen LogP contribution in [0.15, 0.2) is 35.9 Å². The highest BCUT2D eigenvalue weighted by Crippen LogP contribution is 2.56. The molecule has 1 saturated heterocycles. The summed E-state index contributed by atoms with van der Waals surface area (Å²) in [5, 5.41) is 19.6.